The van der Waals surface area contributed by atoms with Gasteiger partial charge in [-0.3, -0.25) is 0 Å². The Kier molecular flexibility index (Phi) is 5.02. The summed E-state index contributed by atoms with van der Waals surface area (Å²) >= 11 is 18.6. The molecule has 1 fully saturated rings. The molecule has 0 amide bonds. The molecule has 2 rings (SSSR count). The molecule has 1 atom stereocenters. The Hall–Kier alpha value is 0.0900. The number of hydrogen-bond donors (Lipinski definition) is 0. The van der Waals surface area contributed by atoms with Crippen LogP contribution in [0.4, 0.5) is 0 Å². The number of aryl methyl sites for hydroxylation is 1. The first kappa shape index (κ1) is 13.5. The Morgan fingerprint density at radius 2 is 1.88 bits per heavy atom. The molecule has 0 saturated heterocycles. The maximum atomic E-state index is 6.45. The van der Waals surface area contributed by atoms with Crippen LogP contribution >= 0.6 is 34.8 Å². The van der Waals surface area contributed by atoms with E-state index in [9.17, 15) is 0 Å². The highest BCUT2D eigenvalue weighted by Crippen LogP contribution is 2.33. The van der Waals surface area contributed by atoms with Crippen LogP contribution < -0.4 is 0 Å². The Morgan fingerprint density at radius 3 is 2.59 bits per heavy atom. The summed E-state index contributed by atoms with van der Waals surface area (Å²) in [7, 11) is 0. The Labute approximate surface area is 118 Å². The summed E-state index contributed by atoms with van der Waals surface area (Å²) in [5.41, 5.74) is 1.11. The summed E-state index contributed by atoms with van der Waals surface area (Å²) in [6.07, 6.45) is 7.17. The van der Waals surface area contributed by atoms with Crippen molar-refractivity contribution in [3.8, 4) is 0 Å². The van der Waals surface area contributed by atoms with Crippen LogP contribution in [0.2, 0.25) is 10.0 Å². The minimum atomic E-state index is 0.285. The number of benzene rings is 1. The van der Waals surface area contributed by atoms with E-state index < -0.39 is 0 Å². The minimum Gasteiger partial charge on any atom is -0.123 e. The lowest BCUT2D eigenvalue weighted by Crippen LogP contribution is -2.12. The van der Waals surface area contributed by atoms with Crippen molar-refractivity contribution in [1.29, 1.82) is 0 Å². The molecule has 0 radical (unpaired) electrons. The van der Waals surface area contributed by atoms with Crippen LogP contribution in [0.1, 0.15) is 37.7 Å². The molecule has 1 aromatic carbocycles. The molecule has 94 valence electrons. The van der Waals surface area contributed by atoms with E-state index in [-0.39, 0.29) is 5.38 Å². The maximum Gasteiger partial charge on any atom is 0.0624 e. The normalized spacial score (nSPS) is 18.5. The lowest BCUT2D eigenvalue weighted by molar-refractivity contribution is 0.492. The summed E-state index contributed by atoms with van der Waals surface area (Å²) in [5.74, 6) is 0.703. The highest BCUT2D eigenvalue weighted by Gasteiger charge is 2.23. The highest BCUT2D eigenvalue weighted by molar-refractivity contribution is 6.42. The van der Waals surface area contributed by atoms with Gasteiger partial charge < -0.3 is 0 Å². The smallest absolute Gasteiger partial charge is 0.0624 e. The van der Waals surface area contributed by atoms with Gasteiger partial charge in [0.25, 0.3) is 0 Å². The summed E-state index contributed by atoms with van der Waals surface area (Å²) in [5, 5.41) is 1.60. The molecule has 1 aliphatic rings. The van der Waals surface area contributed by atoms with Crippen molar-refractivity contribution in [3.05, 3.63) is 33.8 Å². The monoisotopic (exact) mass is 290 g/mol. The molecule has 0 heterocycles. The number of hydrogen-bond acceptors (Lipinski definition) is 0. The first-order valence-electron chi connectivity index (χ1n) is 6.25. The third-order valence-corrected chi connectivity index (χ3v) is 5.06. The molecule has 1 aliphatic carbocycles. The van der Waals surface area contributed by atoms with Crippen molar-refractivity contribution in [2.75, 3.05) is 0 Å². The molecule has 0 nitrogen and oxygen atoms in total. The average Bonchev–Trinajstić information content (AvgIpc) is 2.84. The predicted octanol–water partition coefficient (Wildman–Crippen LogP) is 5.72. The zero-order valence-corrected chi connectivity index (χ0v) is 12.0. The van der Waals surface area contributed by atoms with E-state index in [4.69, 9.17) is 34.8 Å². The van der Waals surface area contributed by atoms with Gasteiger partial charge in [-0.1, -0.05) is 48.2 Å². The van der Waals surface area contributed by atoms with Crippen LogP contribution in [0.25, 0.3) is 0 Å². The molecule has 17 heavy (non-hydrogen) atoms. The van der Waals surface area contributed by atoms with Crippen LogP contribution in [0.15, 0.2) is 18.2 Å². The highest BCUT2D eigenvalue weighted by atomic mass is 35.5. The lowest BCUT2D eigenvalue weighted by Gasteiger charge is -2.16. The van der Waals surface area contributed by atoms with Crippen LogP contribution in [-0.4, -0.2) is 5.38 Å². The second kappa shape index (κ2) is 6.31. The number of rotatable bonds is 4. The molecule has 0 spiro atoms. The lowest BCUT2D eigenvalue weighted by atomic mass is 9.98. The van der Waals surface area contributed by atoms with Gasteiger partial charge in [-0.2, -0.15) is 0 Å². The molecular weight excluding hydrogens is 275 g/mol. The Bertz CT molecular complexity index is 370. The van der Waals surface area contributed by atoms with Crippen LogP contribution in [0.3, 0.4) is 0 Å². The molecule has 0 bridgehead atoms. The summed E-state index contributed by atoms with van der Waals surface area (Å²) in [6, 6.07) is 5.80. The van der Waals surface area contributed by atoms with Gasteiger partial charge in [0, 0.05) is 5.38 Å². The van der Waals surface area contributed by atoms with Gasteiger partial charge in [0.15, 0.2) is 0 Å². The van der Waals surface area contributed by atoms with Gasteiger partial charge in [0.2, 0.25) is 0 Å². The number of alkyl halides is 1. The number of halogens is 3. The second-order valence-corrected chi connectivity index (χ2v) is 6.16. The van der Waals surface area contributed by atoms with Crippen molar-refractivity contribution in [1.82, 2.24) is 0 Å². The third kappa shape index (κ3) is 3.53. The van der Waals surface area contributed by atoms with Gasteiger partial charge >= 0.3 is 0 Å². The molecule has 0 aliphatic heterocycles. The average molecular weight is 292 g/mol. The fourth-order valence-corrected chi connectivity index (χ4v) is 3.37. The molecule has 1 aromatic rings. The van der Waals surface area contributed by atoms with Crippen molar-refractivity contribution < 1.29 is 0 Å². The first-order valence-corrected chi connectivity index (χ1v) is 7.44. The van der Waals surface area contributed by atoms with Crippen molar-refractivity contribution in [2.24, 2.45) is 5.92 Å². The van der Waals surface area contributed by atoms with Gasteiger partial charge in [0.05, 0.1) is 10.0 Å². The van der Waals surface area contributed by atoms with Crippen molar-refractivity contribution in [3.63, 3.8) is 0 Å². The maximum absolute atomic E-state index is 6.45. The van der Waals surface area contributed by atoms with E-state index in [0.717, 1.165) is 18.4 Å². The molecule has 1 saturated carbocycles. The predicted molar refractivity (Wildman–Crippen MR) is 76.4 cm³/mol. The summed E-state index contributed by atoms with van der Waals surface area (Å²) < 4.78 is 0. The summed E-state index contributed by atoms with van der Waals surface area (Å²) in [4.78, 5) is 0. The fraction of sp³-hybridized carbons (Fsp3) is 0.571. The largest absolute Gasteiger partial charge is 0.123 e. The van der Waals surface area contributed by atoms with Gasteiger partial charge in [-0.15, -0.1) is 11.6 Å². The third-order valence-electron chi connectivity index (χ3n) is 3.63. The molecular formula is C14H17Cl3. The van der Waals surface area contributed by atoms with Crippen molar-refractivity contribution >= 4 is 34.8 Å². The minimum absolute atomic E-state index is 0.285. The zero-order valence-electron chi connectivity index (χ0n) is 9.76. The fourth-order valence-electron chi connectivity index (χ4n) is 2.59. The van der Waals surface area contributed by atoms with E-state index in [1.54, 1.807) is 0 Å². The van der Waals surface area contributed by atoms with Crippen molar-refractivity contribution in [2.45, 2.75) is 43.9 Å². The molecule has 1 unspecified atom stereocenters. The molecule has 0 N–H and O–H groups in total. The standard InChI is InChI=1S/C14H17Cl3/c15-12(10-4-1-2-5-10)9-8-11-6-3-7-13(16)14(11)17/h3,6-7,10,12H,1-2,4-5,8-9H2. The Morgan fingerprint density at radius 1 is 1.18 bits per heavy atom. The van der Waals surface area contributed by atoms with E-state index >= 15 is 0 Å². The first-order chi connectivity index (χ1) is 8.18. The quantitative estimate of drug-likeness (QED) is 0.622. The van der Waals surface area contributed by atoms with E-state index in [1.165, 1.54) is 25.7 Å². The van der Waals surface area contributed by atoms with E-state index in [0.29, 0.717) is 16.0 Å². The van der Waals surface area contributed by atoms with Gasteiger partial charge in [-0.25, -0.2) is 0 Å². The van der Waals surface area contributed by atoms with Crippen LogP contribution in [-0.2, 0) is 6.42 Å². The second-order valence-electron chi connectivity index (χ2n) is 4.81. The Balaban J connectivity index is 1.90. The van der Waals surface area contributed by atoms with Crippen LogP contribution in [0.5, 0.6) is 0 Å². The zero-order chi connectivity index (χ0) is 12.3. The molecule has 0 aromatic heterocycles. The van der Waals surface area contributed by atoms with Crippen LogP contribution in [0, 0.1) is 5.92 Å². The SMILES string of the molecule is Clc1cccc(CCC(Cl)C2CCCC2)c1Cl. The van der Waals surface area contributed by atoms with E-state index in [1.807, 2.05) is 18.2 Å². The topological polar surface area (TPSA) is 0 Å². The van der Waals surface area contributed by atoms with E-state index in [2.05, 4.69) is 0 Å². The summed E-state index contributed by atoms with van der Waals surface area (Å²) in [6.45, 7) is 0. The molecule has 3 heteroatoms. The van der Waals surface area contributed by atoms with Gasteiger partial charge in [-0.05, 0) is 43.2 Å². The van der Waals surface area contributed by atoms with Gasteiger partial charge in [0.1, 0.15) is 0 Å².